The van der Waals surface area contributed by atoms with Crippen LogP contribution in [-0.4, -0.2) is 24.0 Å². The minimum atomic E-state index is 0.0790. The van der Waals surface area contributed by atoms with Crippen molar-refractivity contribution in [1.82, 2.24) is 10.6 Å². The Bertz CT molecular complexity index is 197. The van der Waals surface area contributed by atoms with E-state index in [0.29, 0.717) is 12.6 Å². The molecule has 1 aliphatic rings. The number of carbonyl (C=O) groups excluding carboxylic acids is 1. The maximum absolute atomic E-state index is 11.4. The van der Waals surface area contributed by atoms with Gasteiger partial charge in [0.1, 0.15) is 0 Å². The van der Waals surface area contributed by atoms with Crippen LogP contribution in [0.5, 0.6) is 0 Å². The monoisotopic (exact) mass is 198 g/mol. The fraction of sp³-hybridized carbons (Fsp3) is 0.909. The van der Waals surface area contributed by atoms with Crippen molar-refractivity contribution in [3.63, 3.8) is 0 Å². The summed E-state index contributed by atoms with van der Waals surface area (Å²) in [5.41, 5.74) is 0.0790. The van der Waals surface area contributed by atoms with Gasteiger partial charge < -0.3 is 10.6 Å². The first-order valence-corrected chi connectivity index (χ1v) is 5.58. The summed E-state index contributed by atoms with van der Waals surface area (Å²) in [7, 11) is 0. The molecule has 0 aromatic heterocycles. The molecule has 0 saturated heterocycles. The van der Waals surface area contributed by atoms with Crippen LogP contribution in [0.25, 0.3) is 0 Å². The van der Waals surface area contributed by atoms with Crippen molar-refractivity contribution in [1.29, 1.82) is 0 Å². The average molecular weight is 198 g/mol. The standard InChI is InChI=1S/C11H22N2O/c1-4-7-11(2,3)12-8-10(14)13-9-5-6-9/h9,12H,4-8H2,1-3H3,(H,13,14). The van der Waals surface area contributed by atoms with Crippen molar-refractivity contribution in [3.05, 3.63) is 0 Å². The van der Waals surface area contributed by atoms with Crippen LogP contribution in [0.4, 0.5) is 0 Å². The molecule has 0 heterocycles. The zero-order valence-corrected chi connectivity index (χ0v) is 9.52. The Labute approximate surface area is 86.6 Å². The fourth-order valence-electron chi connectivity index (χ4n) is 1.54. The lowest BCUT2D eigenvalue weighted by molar-refractivity contribution is -0.120. The summed E-state index contributed by atoms with van der Waals surface area (Å²) in [5.74, 6) is 0.136. The Morgan fingerprint density at radius 2 is 2.07 bits per heavy atom. The first kappa shape index (κ1) is 11.5. The summed E-state index contributed by atoms with van der Waals surface area (Å²) in [6, 6.07) is 0.471. The van der Waals surface area contributed by atoms with Gasteiger partial charge in [0.15, 0.2) is 0 Å². The van der Waals surface area contributed by atoms with E-state index in [-0.39, 0.29) is 11.4 Å². The van der Waals surface area contributed by atoms with Crippen LogP contribution >= 0.6 is 0 Å². The maximum Gasteiger partial charge on any atom is 0.234 e. The highest BCUT2D eigenvalue weighted by atomic mass is 16.2. The molecule has 1 amide bonds. The summed E-state index contributed by atoms with van der Waals surface area (Å²) in [6.07, 6.45) is 4.56. The SMILES string of the molecule is CCCC(C)(C)NCC(=O)NC1CC1. The van der Waals surface area contributed by atoms with Gasteiger partial charge >= 0.3 is 0 Å². The zero-order chi connectivity index (χ0) is 10.6. The topological polar surface area (TPSA) is 41.1 Å². The van der Waals surface area contributed by atoms with Crippen LogP contribution in [0.15, 0.2) is 0 Å². The highest BCUT2D eigenvalue weighted by Crippen LogP contribution is 2.18. The smallest absolute Gasteiger partial charge is 0.234 e. The molecular weight excluding hydrogens is 176 g/mol. The van der Waals surface area contributed by atoms with E-state index in [2.05, 4.69) is 31.4 Å². The van der Waals surface area contributed by atoms with Crippen LogP contribution in [0.3, 0.4) is 0 Å². The Morgan fingerprint density at radius 3 is 2.57 bits per heavy atom. The first-order valence-electron chi connectivity index (χ1n) is 5.58. The number of nitrogens with one attached hydrogen (secondary N) is 2. The van der Waals surface area contributed by atoms with Gasteiger partial charge in [0.25, 0.3) is 0 Å². The molecule has 1 rings (SSSR count). The highest BCUT2D eigenvalue weighted by Gasteiger charge is 2.24. The second kappa shape index (κ2) is 4.78. The predicted molar refractivity (Wildman–Crippen MR) is 58.2 cm³/mol. The molecule has 0 aliphatic heterocycles. The van der Waals surface area contributed by atoms with E-state index in [1.807, 2.05) is 0 Å². The highest BCUT2D eigenvalue weighted by molar-refractivity contribution is 5.78. The van der Waals surface area contributed by atoms with Crippen molar-refractivity contribution < 1.29 is 4.79 Å². The largest absolute Gasteiger partial charge is 0.352 e. The lowest BCUT2D eigenvalue weighted by Gasteiger charge is -2.25. The Kier molecular flexibility index (Phi) is 3.93. The normalized spacial score (nSPS) is 16.8. The van der Waals surface area contributed by atoms with E-state index in [1.54, 1.807) is 0 Å². The van der Waals surface area contributed by atoms with Crippen molar-refractivity contribution in [3.8, 4) is 0 Å². The van der Waals surface area contributed by atoms with Crippen LogP contribution in [-0.2, 0) is 4.79 Å². The molecule has 1 aliphatic carbocycles. The predicted octanol–water partition coefficient (Wildman–Crippen LogP) is 1.43. The number of rotatable bonds is 6. The number of hydrogen-bond acceptors (Lipinski definition) is 2. The van der Waals surface area contributed by atoms with E-state index in [9.17, 15) is 4.79 Å². The molecule has 0 spiro atoms. The van der Waals surface area contributed by atoms with Crippen molar-refractivity contribution in [2.24, 2.45) is 0 Å². The van der Waals surface area contributed by atoms with E-state index in [4.69, 9.17) is 0 Å². The van der Waals surface area contributed by atoms with Gasteiger partial charge in [0.05, 0.1) is 6.54 Å². The van der Waals surface area contributed by atoms with Crippen LogP contribution in [0.1, 0.15) is 46.5 Å². The lowest BCUT2D eigenvalue weighted by Crippen LogP contribution is -2.45. The Morgan fingerprint density at radius 1 is 1.43 bits per heavy atom. The van der Waals surface area contributed by atoms with Crippen LogP contribution in [0.2, 0.25) is 0 Å². The molecule has 0 aromatic carbocycles. The van der Waals surface area contributed by atoms with Crippen LogP contribution in [0, 0.1) is 0 Å². The molecule has 2 N–H and O–H groups in total. The third kappa shape index (κ3) is 4.61. The summed E-state index contributed by atoms with van der Waals surface area (Å²) >= 11 is 0. The molecule has 0 bridgehead atoms. The van der Waals surface area contributed by atoms with E-state index >= 15 is 0 Å². The minimum absolute atomic E-state index is 0.0790. The van der Waals surface area contributed by atoms with Crippen molar-refractivity contribution in [2.45, 2.75) is 58.0 Å². The van der Waals surface area contributed by atoms with E-state index < -0.39 is 0 Å². The molecule has 0 unspecified atom stereocenters. The van der Waals surface area contributed by atoms with Gasteiger partial charge in [0, 0.05) is 11.6 Å². The van der Waals surface area contributed by atoms with Crippen molar-refractivity contribution >= 4 is 5.91 Å². The van der Waals surface area contributed by atoms with Gasteiger partial charge in [-0.05, 0) is 33.1 Å². The van der Waals surface area contributed by atoms with E-state index in [1.165, 1.54) is 0 Å². The van der Waals surface area contributed by atoms with Crippen molar-refractivity contribution in [2.75, 3.05) is 6.54 Å². The molecule has 0 aromatic rings. The van der Waals surface area contributed by atoms with Gasteiger partial charge in [0.2, 0.25) is 5.91 Å². The Hall–Kier alpha value is -0.570. The molecule has 0 atom stereocenters. The molecule has 14 heavy (non-hydrogen) atoms. The minimum Gasteiger partial charge on any atom is -0.352 e. The molecule has 3 heteroatoms. The van der Waals surface area contributed by atoms with Gasteiger partial charge in [-0.1, -0.05) is 13.3 Å². The molecule has 0 radical (unpaired) electrons. The summed E-state index contributed by atoms with van der Waals surface area (Å²) in [5, 5.41) is 6.25. The van der Waals surface area contributed by atoms with Gasteiger partial charge in [-0.15, -0.1) is 0 Å². The zero-order valence-electron chi connectivity index (χ0n) is 9.52. The third-order valence-corrected chi connectivity index (χ3v) is 2.54. The van der Waals surface area contributed by atoms with Crippen LogP contribution < -0.4 is 10.6 Å². The second-order valence-corrected chi connectivity index (χ2v) is 4.83. The summed E-state index contributed by atoms with van der Waals surface area (Å²) < 4.78 is 0. The molecule has 1 saturated carbocycles. The van der Waals surface area contributed by atoms with Gasteiger partial charge in [-0.2, -0.15) is 0 Å². The van der Waals surface area contributed by atoms with E-state index in [0.717, 1.165) is 25.7 Å². The van der Waals surface area contributed by atoms with Gasteiger partial charge in [-0.3, -0.25) is 4.79 Å². The molecule has 82 valence electrons. The lowest BCUT2D eigenvalue weighted by atomic mass is 9.99. The molecule has 3 nitrogen and oxygen atoms in total. The second-order valence-electron chi connectivity index (χ2n) is 4.83. The quantitative estimate of drug-likeness (QED) is 0.678. The third-order valence-electron chi connectivity index (χ3n) is 2.54. The average Bonchev–Trinajstić information content (AvgIpc) is 2.85. The maximum atomic E-state index is 11.4. The number of amides is 1. The molecular formula is C11H22N2O. The Balaban J connectivity index is 2.13. The number of carbonyl (C=O) groups is 1. The van der Waals surface area contributed by atoms with Gasteiger partial charge in [-0.25, -0.2) is 0 Å². The fourth-order valence-corrected chi connectivity index (χ4v) is 1.54. The summed E-state index contributed by atoms with van der Waals surface area (Å²) in [6.45, 7) is 6.89. The first-order chi connectivity index (χ1) is 6.53. The molecule has 1 fully saturated rings. The number of hydrogen-bond donors (Lipinski definition) is 2. The summed E-state index contributed by atoms with van der Waals surface area (Å²) in [4.78, 5) is 11.4.